The quantitative estimate of drug-likeness (QED) is 0.751. The molecule has 1 rings (SSSR count). The van der Waals surface area contributed by atoms with Gasteiger partial charge in [0.2, 0.25) is 0 Å². The topological polar surface area (TPSA) is 75.6 Å². The number of carboxylic acids is 1. The van der Waals surface area contributed by atoms with Crippen molar-refractivity contribution in [3.05, 3.63) is 0 Å². The van der Waals surface area contributed by atoms with Crippen LogP contribution in [0.1, 0.15) is 20.3 Å². The summed E-state index contributed by atoms with van der Waals surface area (Å²) in [6.45, 7) is 5.86. The first-order valence-electron chi connectivity index (χ1n) is 5.62. The van der Waals surface area contributed by atoms with Gasteiger partial charge in [0.15, 0.2) is 0 Å². The normalized spacial score (nSPS) is 19.4. The van der Waals surface area contributed by atoms with Gasteiger partial charge in [-0.05, 0) is 39.3 Å². The number of aliphatic carboxylic acids is 1. The molecule has 8 heteroatoms. The molecule has 0 amide bonds. The highest BCUT2D eigenvalue weighted by molar-refractivity contribution is 5.76. The van der Waals surface area contributed by atoms with Crippen LogP contribution in [0.25, 0.3) is 0 Å². The molecule has 19 heavy (non-hydrogen) atoms. The number of rotatable bonds is 2. The number of esters is 1. The molecule has 1 fully saturated rings. The lowest BCUT2D eigenvalue weighted by molar-refractivity contribution is -0.192. The Hall–Kier alpha value is -1.31. The molecule has 0 saturated carbocycles. The first-order valence-corrected chi connectivity index (χ1v) is 5.62. The van der Waals surface area contributed by atoms with Gasteiger partial charge in [-0.15, -0.1) is 0 Å². The van der Waals surface area contributed by atoms with E-state index in [4.69, 9.17) is 14.6 Å². The third-order valence-electron chi connectivity index (χ3n) is 3.03. The second-order valence-electron chi connectivity index (χ2n) is 4.71. The standard InChI is InChI=1S/C9H17NO2.C2HF3O2/c1-9(2,8(11)12-3)7-4-5-10-6-7;3-2(4,5)1(6)7/h7,10H,4-6H2,1-3H3;(H,6,7). The number of alkyl halides is 3. The molecule has 1 aliphatic heterocycles. The van der Waals surface area contributed by atoms with Crippen molar-refractivity contribution in [2.45, 2.75) is 26.4 Å². The SMILES string of the molecule is COC(=O)C(C)(C)C1CCNC1.O=C(O)C(F)(F)F. The maximum atomic E-state index is 11.4. The Morgan fingerprint density at radius 1 is 1.32 bits per heavy atom. The van der Waals surface area contributed by atoms with Crippen LogP contribution in [0.15, 0.2) is 0 Å². The molecule has 0 aromatic rings. The van der Waals surface area contributed by atoms with Gasteiger partial charge < -0.3 is 15.2 Å². The van der Waals surface area contributed by atoms with Crippen LogP contribution in [-0.4, -0.2) is 43.4 Å². The van der Waals surface area contributed by atoms with Crippen molar-refractivity contribution in [1.82, 2.24) is 5.32 Å². The first kappa shape index (κ1) is 17.7. The van der Waals surface area contributed by atoms with E-state index in [2.05, 4.69) is 5.32 Å². The molecule has 0 bridgehead atoms. The van der Waals surface area contributed by atoms with Crippen LogP contribution in [0.5, 0.6) is 0 Å². The highest BCUT2D eigenvalue weighted by atomic mass is 19.4. The second-order valence-corrected chi connectivity index (χ2v) is 4.71. The van der Waals surface area contributed by atoms with Crippen molar-refractivity contribution in [2.24, 2.45) is 11.3 Å². The molecular formula is C11H18F3NO4. The third kappa shape index (κ3) is 5.46. The average molecular weight is 285 g/mol. The predicted octanol–water partition coefficient (Wildman–Crippen LogP) is 1.43. The van der Waals surface area contributed by atoms with Gasteiger partial charge in [0.05, 0.1) is 12.5 Å². The van der Waals surface area contributed by atoms with E-state index in [0.717, 1.165) is 19.5 Å². The summed E-state index contributed by atoms with van der Waals surface area (Å²) in [4.78, 5) is 20.3. The fourth-order valence-electron chi connectivity index (χ4n) is 1.70. The lowest BCUT2D eigenvalue weighted by atomic mass is 9.78. The summed E-state index contributed by atoms with van der Waals surface area (Å²) >= 11 is 0. The zero-order valence-corrected chi connectivity index (χ0v) is 11.0. The molecule has 1 saturated heterocycles. The minimum atomic E-state index is -5.08. The number of methoxy groups -OCH3 is 1. The number of carbonyl (C=O) groups is 2. The van der Waals surface area contributed by atoms with Crippen LogP contribution in [0.2, 0.25) is 0 Å². The Balaban J connectivity index is 0.000000399. The minimum Gasteiger partial charge on any atom is -0.475 e. The summed E-state index contributed by atoms with van der Waals surface area (Å²) < 4.78 is 36.5. The van der Waals surface area contributed by atoms with Gasteiger partial charge in [-0.2, -0.15) is 13.2 Å². The monoisotopic (exact) mass is 285 g/mol. The summed E-state index contributed by atoms with van der Waals surface area (Å²) in [6, 6.07) is 0. The van der Waals surface area contributed by atoms with E-state index in [1.54, 1.807) is 0 Å². The Bertz CT molecular complexity index is 322. The van der Waals surface area contributed by atoms with E-state index < -0.39 is 12.1 Å². The molecule has 0 radical (unpaired) electrons. The van der Waals surface area contributed by atoms with Crippen molar-refractivity contribution in [2.75, 3.05) is 20.2 Å². The number of carboxylic acid groups (broad SMARTS) is 1. The predicted molar refractivity (Wildman–Crippen MR) is 60.5 cm³/mol. The van der Waals surface area contributed by atoms with Gasteiger partial charge in [0.1, 0.15) is 0 Å². The summed E-state index contributed by atoms with van der Waals surface area (Å²) in [6.07, 6.45) is -4.01. The zero-order valence-electron chi connectivity index (χ0n) is 11.0. The lowest BCUT2D eigenvalue weighted by Gasteiger charge is -2.27. The number of hydrogen-bond acceptors (Lipinski definition) is 4. The summed E-state index contributed by atoms with van der Waals surface area (Å²) in [5, 5.41) is 10.4. The first-order chi connectivity index (χ1) is 8.53. The van der Waals surface area contributed by atoms with Crippen LogP contribution in [-0.2, 0) is 14.3 Å². The molecule has 5 nitrogen and oxygen atoms in total. The molecule has 112 valence electrons. The van der Waals surface area contributed by atoms with Gasteiger partial charge in [0, 0.05) is 0 Å². The van der Waals surface area contributed by atoms with E-state index in [1.807, 2.05) is 13.8 Å². The van der Waals surface area contributed by atoms with Gasteiger partial charge in [-0.3, -0.25) is 4.79 Å². The minimum absolute atomic E-state index is 0.101. The Kier molecular flexibility index (Phi) is 6.28. The smallest absolute Gasteiger partial charge is 0.475 e. The van der Waals surface area contributed by atoms with Gasteiger partial charge in [-0.1, -0.05) is 0 Å². The number of carbonyl (C=O) groups excluding carboxylic acids is 1. The fraction of sp³-hybridized carbons (Fsp3) is 0.818. The van der Waals surface area contributed by atoms with Gasteiger partial charge in [-0.25, -0.2) is 4.79 Å². The summed E-state index contributed by atoms with van der Waals surface area (Å²) in [7, 11) is 1.45. The number of ether oxygens (including phenoxy) is 1. The van der Waals surface area contributed by atoms with E-state index in [-0.39, 0.29) is 11.4 Å². The number of nitrogens with one attached hydrogen (secondary N) is 1. The maximum absolute atomic E-state index is 11.4. The van der Waals surface area contributed by atoms with Crippen LogP contribution < -0.4 is 5.32 Å². The van der Waals surface area contributed by atoms with Crippen LogP contribution >= 0.6 is 0 Å². The molecule has 0 aromatic heterocycles. The number of hydrogen-bond donors (Lipinski definition) is 2. The highest BCUT2D eigenvalue weighted by Gasteiger charge is 2.39. The molecule has 0 aromatic carbocycles. The molecule has 1 aliphatic rings. The van der Waals surface area contributed by atoms with E-state index >= 15 is 0 Å². The van der Waals surface area contributed by atoms with Crippen molar-refractivity contribution >= 4 is 11.9 Å². The van der Waals surface area contributed by atoms with Crippen molar-refractivity contribution in [3.63, 3.8) is 0 Å². The molecule has 1 atom stereocenters. The van der Waals surface area contributed by atoms with Crippen molar-refractivity contribution in [1.29, 1.82) is 0 Å². The second kappa shape index (κ2) is 6.74. The molecule has 0 spiro atoms. The largest absolute Gasteiger partial charge is 0.490 e. The Morgan fingerprint density at radius 2 is 1.79 bits per heavy atom. The third-order valence-corrected chi connectivity index (χ3v) is 3.03. The average Bonchev–Trinajstić information content (AvgIpc) is 2.81. The summed E-state index contributed by atoms with van der Waals surface area (Å²) in [5.41, 5.74) is -0.335. The van der Waals surface area contributed by atoms with Gasteiger partial charge in [0.25, 0.3) is 0 Å². The maximum Gasteiger partial charge on any atom is 0.490 e. The van der Waals surface area contributed by atoms with Crippen LogP contribution in [0.3, 0.4) is 0 Å². The molecule has 0 aliphatic carbocycles. The van der Waals surface area contributed by atoms with Crippen LogP contribution in [0.4, 0.5) is 13.2 Å². The van der Waals surface area contributed by atoms with Crippen molar-refractivity contribution < 1.29 is 32.6 Å². The van der Waals surface area contributed by atoms with Crippen LogP contribution in [0, 0.1) is 11.3 Å². The van der Waals surface area contributed by atoms with E-state index in [1.165, 1.54) is 7.11 Å². The Morgan fingerprint density at radius 3 is 2.05 bits per heavy atom. The summed E-state index contributed by atoms with van der Waals surface area (Å²) in [5.74, 6) is -2.44. The highest BCUT2D eigenvalue weighted by Crippen LogP contribution is 2.32. The van der Waals surface area contributed by atoms with Gasteiger partial charge >= 0.3 is 18.1 Å². The fourth-order valence-corrected chi connectivity index (χ4v) is 1.70. The van der Waals surface area contributed by atoms with E-state index in [0.29, 0.717) is 5.92 Å². The number of halogens is 3. The van der Waals surface area contributed by atoms with Crippen molar-refractivity contribution in [3.8, 4) is 0 Å². The van der Waals surface area contributed by atoms with E-state index in [9.17, 15) is 18.0 Å². The zero-order chi connectivity index (χ0) is 15.3. The lowest BCUT2D eigenvalue weighted by Crippen LogP contribution is -2.35. The molecule has 1 unspecified atom stereocenters. The molecule has 1 heterocycles. The molecular weight excluding hydrogens is 267 g/mol. The molecule has 2 N–H and O–H groups in total. The Labute approximate surface area is 109 Å².